The molecule has 0 saturated heterocycles. The molecule has 2 heterocycles. The van der Waals surface area contributed by atoms with E-state index >= 15 is 0 Å². The van der Waals surface area contributed by atoms with E-state index in [2.05, 4.69) is 10.3 Å². The Kier molecular flexibility index (Phi) is 3.65. The van der Waals surface area contributed by atoms with E-state index in [1.807, 2.05) is 24.3 Å². The van der Waals surface area contributed by atoms with Crippen molar-refractivity contribution in [1.82, 2.24) is 10.3 Å². The molecule has 2 aromatic heterocycles. The highest BCUT2D eigenvalue weighted by atomic mass is 19.4. The molecule has 4 nitrogen and oxygen atoms in total. The fourth-order valence-electron chi connectivity index (χ4n) is 3.66. The van der Waals surface area contributed by atoms with Crippen molar-refractivity contribution < 1.29 is 22.2 Å². The molecule has 0 radical (unpaired) electrons. The zero-order valence-corrected chi connectivity index (χ0v) is 14.5. The first-order valence-electron chi connectivity index (χ1n) is 8.73. The van der Waals surface area contributed by atoms with Gasteiger partial charge in [0.15, 0.2) is 0 Å². The first-order valence-corrected chi connectivity index (χ1v) is 8.73. The van der Waals surface area contributed by atoms with Crippen molar-refractivity contribution in [1.29, 1.82) is 0 Å². The normalized spacial score (nSPS) is 13.2. The number of rotatable bonds is 2. The van der Waals surface area contributed by atoms with Crippen LogP contribution in [0.15, 0.2) is 63.6 Å². The first kappa shape index (κ1) is 16.8. The summed E-state index contributed by atoms with van der Waals surface area (Å²) in [6.45, 7) is 0. The average molecular weight is 382 g/mol. The van der Waals surface area contributed by atoms with Crippen molar-refractivity contribution in [2.45, 2.75) is 19.0 Å². The van der Waals surface area contributed by atoms with Crippen LogP contribution in [-0.2, 0) is 19.0 Å². The van der Waals surface area contributed by atoms with Crippen molar-refractivity contribution in [3.8, 4) is 34.0 Å². The van der Waals surface area contributed by atoms with Gasteiger partial charge in [0.2, 0.25) is 11.5 Å². The molecule has 0 unspecified atom stereocenters. The van der Waals surface area contributed by atoms with Crippen LogP contribution in [0.3, 0.4) is 0 Å². The fraction of sp³-hybridized carbons (Fsp3) is 0.143. The maximum absolute atomic E-state index is 13.9. The molecule has 0 amide bonds. The number of aromatic nitrogens is 2. The Labute approximate surface area is 157 Å². The van der Waals surface area contributed by atoms with Crippen molar-refractivity contribution in [2.75, 3.05) is 0 Å². The summed E-state index contributed by atoms with van der Waals surface area (Å²) in [5, 5.41) is 7.77. The second-order valence-electron chi connectivity index (χ2n) is 6.60. The summed E-state index contributed by atoms with van der Waals surface area (Å²) in [5.74, 6) is -0.439. The van der Waals surface area contributed by atoms with Crippen LogP contribution < -0.4 is 0 Å². The van der Waals surface area contributed by atoms with Crippen LogP contribution in [0.5, 0.6) is 0 Å². The van der Waals surface area contributed by atoms with Crippen LogP contribution in [0.25, 0.3) is 34.0 Å². The minimum Gasteiger partial charge on any atom is -0.352 e. The van der Waals surface area contributed by atoms with Crippen molar-refractivity contribution in [3.63, 3.8) is 0 Å². The molecule has 4 aromatic rings. The van der Waals surface area contributed by atoms with Crippen LogP contribution >= 0.6 is 0 Å². The lowest BCUT2D eigenvalue weighted by Gasteiger charge is -2.14. The van der Waals surface area contributed by atoms with Crippen LogP contribution in [0.2, 0.25) is 0 Å². The Morgan fingerprint density at radius 1 is 0.750 bits per heavy atom. The van der Waals surface area contributed by atoms with Crippen LogP contribution in [-0.4, -0.2) is 10.3 Å². The van der Waals surface area contributed by atoms with Gasteiger partial charge in [0, 0.05) is 16.7 Å². The van der Waals surface area contributed by atoms with Crippen molar-refractivity contribution >= 4 is 0 Å². The lowest BCUT2D eigenvalue weighted by Crippen LogP contribution is -2.08. The number of hydrogen-bond acceptors (Lipinski definition) is 4. The van der Waals surface area contributed by atoms with E-state index in [1.54, 1.807) is 30.3 Å². The molecule has 1 aliphatic carbocycles. The minimum absolute atomic E-state index is 0.00786. The number of nitrogens with zero attached hydrogens (tertiary/aromatic N) is 2. The van der Waals surface area contributed by atoms with E-state index in [-0.39, 0.29) is 11.5 Å². The zero-order valence-electron chi connectivity index (χ0n) is 14.5. The summed E-state index contributed by atoms with van der Waals surface area (Å²) >= 11 is 0. The van der Waals surface area contributed by atoms with Gasteiger partial charge in [0.25, 0.3) is 0 Å². The van der Waals surface area contributed by atoms with Crippen LogP contribution in [0.1, 0.15) is 16.7 Å². The summed E-state index contributed by atoms with van der Waals surface area (Å²) in [4.78, 5) is 0. The number of halogens is 3. The van der Waals surface area contributed by atoms with E-state index in [0.29, 0.717) is 29.7 Å². The number of fused-ring (bicyclic) bond motifs is 3. The largest absolute Gasteiger partial charge is 0.422 e. The molecule has 28 heavy (non-hydrogen) atoms. The molecule has 0 saturated carbocycles. The first-order chi connectivity index (χ1) is 13.5. The van der Waals surface area contributed by atoms with Gasteiger partial charge in [-0.2, -0.15) is 13.2 Å². The molecule has 0 bridgehead atoms. The van der Waals surface area contributed by atoms with Gasteiger partial charge in [0.1, 0.15) is 17.0 Å². The monoisotopic (exact) mass is 382 g/mol. The summed E-state index contributed by atoms with van der Waals surface area (Å²) in [7, 11) is 0. The lowest BCUT2D eigenvalue weighted by molar-refractivity contribution is -0.136. The Morgan fingerprint density at radius 3 is 2.21 bits per heavy atom. The Bertz CT molecular complexity index is 1160. The number of alkyl halides is 3. The van der Waals surface area contributed by atoms with Gasteiger partial charge in [-0.25, -0.2) is 0 Å². The topological polar surface area (TPSA) is 52.1 Å². The summed E-state index contributed by atoms with van der Waals surface area (Å²) in [6.07, 6.45) is -3.45. The predicted molar refractivity (Wildman–Crippen MR) is 95.3 cm³/mol. The second kappa shape index (κ2) is 6.09. The van der Waals surface area contributed by atoms with E-state index in [1.165, 1.54) is 0 Å². The van der Waals surface area contributed by atoms with Crippen LogP contribution in [0.4, 0.5) is 13.2 Å². The maximum atomic E-state index is 13.9. The van der Waals surface area contributed by atoms with Crippen LogP contribution in [0, 0.1) is 0 Å². The van der Waals surface area contributed by atoms with E-state index in [0.717, 1.165) is 11.1 Å². The molecular weight excluding hydrogens is 369 g/mol. The number of benzene rings is 2. The molecule has 140 valence electrons. The van der Waals surface area contributed by atoms with Crippen molar-refractivity contribution in [2.24, 2.45) is 0 Å². The van der Waals surface area contributed by atoms with Gasteiger partial charge in [-0.3, -0.25) is 0 Å². The molecule has 0 fully saturated rings. The van der Waals surface area contributed by atoms with Gasteiger partial charge in [-0.05, 0) is 18.4 Å². The average Bonchev–Trinajstić information content (AvgIpc) is 3.32. The Hall–Kier alpha value is -3.35. The SMILES string of the molecule is FC(F)(F)c1c(-c2ccccc2)noc1-c1onc2c1CCc1ccccc1-2. The highest BCUT2D eigenvalue weighted by molar-refractivity contribution is 5.78. The maximum Gasteiger partial charge on any atom is 0.422 e. The molecule has 5 rings (SSSR count). The van der Waals surface area contributed by atoms with Crippen molar-refractivity contribution in [3.05, 3.63) is 71.3 Å². The number of hydrogen-bond donors (Lipinski definition) is 0. The molecule has 7 heteroatoms. The molecule has 0 N–H and O–H groups in total. The zero-order chi connectivity index (χ0) is 19.3. The molecule has 1 aliphatic rings. The number of aryl methyl sites for hydroxylation is 1. The Balaban J connectivity index is 1.71. The molecule has 0 spiro atoms. The Morgan fingerprint density at radius 2 is 1.43 bits per heavy atom. The third kappa shape index (κ3) is 2.54. The van der Waals surface area contributed by atoms with Gasteiger partial charge in [-0.15, -0.1) is 0 Å². The molecule has 0 atom stereocenters. The third-order valence-corrected chi connectivity index (χ3v) is 4.93. The molecular formula is C21H13F3N2O2. The van der Waals surface area contributed by atoms with E-state index in [4.69, 9.17) is 9.05 Å². The minimum atomic E-state index is -4.66. The molecule has 2 aromatic carbocycles. The third-order valence-electron chi connectivity index (χ3n) is 4.93. The summed E-state index contributed by atoms with van der Waals surface area (Å²) < 4.78 is 52.3. The second-order valence-corrected chi connectivity index (χ2v) is 6.60. The highest BCUT2D eigenvalue weighted by Gasteiger charge is 2.43. The summed E-state index contributed by atoms with van der Waals surface area (Å²) in [6, 6.07) is 15.8. The standard InChI is InChI=1S/C21H13F3N2O2/c22-21(23,24)16-17(13-7-2-1-3-8-13)25-28-20(16)19-15-11-10-12-6-4-5-9-14(12)18(15)26-27-19/h1-9H,10-11H2. The lowest BCUT2D eigenvalue weighted by atomic mass is 9.88. The van der Waals surface area contributed by atoms with Gasteiger partial charge >= 0.3 is 6.18 Å². The van der Waals surface area contributed by atoms with Gasteiger partial charge in [-0.1, -0.05) is 64.9 Å². The van der Waals surface area contributed by atoms with E-state index in [9.17, 15) is 13.2 Å². The van der Waals surface area contributed by atoms with E-state index < -0.39 is 17.5 Å². The predicted octanol–water partition coefficient (Wildman–Crippen LogP) is 5.78. The van der Waals surface area contributed by atoms with Gasteiger partial charge in [0.05, 0.1) is 0 Å². The fourth-order valence-corrected chi connectivity index (χ4v) is 3.66. The summed E-state index contributed by atoms with van der Waals surface area (Å²) in [5.41, 5.74) is 2.25. The highest BCUT2D eigenvalue weighted by Crippen LogP contribution is 2.46. The van der Waals surface area contributed by atoms with Gasteiger partial charge < -0.3 is 9.05 Å². The molecule has 0 aliphatic heterocycles. The smallest absolute Gasteiger partial charge is 0.352 e. The quantitative estimate of drug-likeness (QED) is 0.441.